The molecule has 0 radical (unpaired) electrons. The van der Waals surface area contributed by atoms with Crippen LogP contribution in [0.3, 0.4) is 0 Å². The van der Waals surface area contributed by atoms with E-state index in [9.17, 15) is 9.59 Å². The van der Waals surface area contributed by atoms with Gasteiger partial charge in [0.15, 0.2) is 0 Å². The zero-order chi connectivity index (χ0) is 15.7. The number of carbonyl (C=O) groups is 2. The topological polar surface area (TPSA) is 110 Å². The number of hydrogen-bond acceptors (Lipinski definition) is 4. The number of rotatable bonds is 8. The van der Waals surface area contributed by atoms with Crippen molar-refractivity contribution in [3.63, 3.8) is 0 Å². The molecule has 1 fully saturated rings. The van der Waals surface area contributed by atoms with Gasteiger partial charge in [0, 0.05) is 12.6 Å². The molecule has 0 bridgehead atoms. The van der Waals surface area contributed by atoms with Crippen molar-refractivity contribution in [2.45, 2.75) is 50.6 Å². The molecule has 1 aliphatic carbocycles. The second-order valence-electron chi connectivity index (χ2n) is 5.59. The summed E-state index contributed by atoms with van der Waals surface area (Å²) in [6.45, 7) is 0.433. The quantitative estimate of drug-likeness (QED) is 0.531. The molecule has 2 atom stereocenters. The summed E-state index contributed by atoms with van der Waals surface area (Å²) in [6.07, 6.45) is 8.42. The molecule has 1 rings (SSSR count). The molecule has 0 aromatic rings. The van der Waals surface area contributed by atoms with Crippen molar-refractivity contribution >= 4 is 23.7 Å². The summed E-state index contributed by atoms with van der Waals surface area (Å²) in [4.78, 5) is 23.4. The first-order valence-electron chi connectivity index (χ1n) is 7.63. The zero-order valence-corrected chi connectivity index (χ0v) is 13.6. The van der Waals surface area contributed by atoms with Crippen molar-refractivity contribution in [1.82, 2.24) is 10.6 Å². The van der Waals surface area contributed by atoms with Crippen LogP contribution in [0.15, 0.2) is 0 Å². The highest BCUT2D eigenvalue weighted by Crippen LogP contribution is 2.26. The third-order valence-electron chi connectivity index (χ3n) is 4.04. The second-order valence-corrected chi connectivity index (χ2v) is 6.58. The largest absolute Gasteiger partial charge is 0.352 e. The van der Waals surface area contributed by atoms with Gasteiger partial charge in [-0.1, -0.05) is 19.3 Å². The molecule has 0 aromatic carbocycles. The maximum absolute atomic E-state index is 12.4. The van der Waals surface area contributed by atoms with Crippen LogP contribution in [0.5, 0.6) is 0 Å². The maximum Gasteiger partial charge on any atom is 0.312 e. The molecule has 6 N–H and O–H groups in total. The fraction of sp³-hybridized carbons (Fsp3) is 0.857. The van der Waals surface area contributed by atoms with Crippen molar-refractivity contribution in [3.8, 4) is 0 Å². The predicted molar refractivity (Wildman–Crippen MR) is 87.1 cm³/mol. The Hall–Kier alpha value is -0.950. The normalized spacial score (nSPS) is 18.8. The highest BCUT2D eigenvalue weighted by Gasteiger charge is 2.27. The molecule has 21 heavy (non-hydrogen) atoms. The van der Waals surface area contributed by atoms with Gasteiger partial charge in [-0.2, -0.15) is 11.8 Å². The first kappa shape index (κ1) is 18.1. The first-order valence-corrected chi connectivity index (χ1v) is 9.03. The molecule has 0 heterocycles. The Morgan fingerprint density at radius 1 is 1.24 bits per heavy atom. The van der Waals surface area contributed by atoms with Gasteiger partial charge in [0.1, 0.15) is 6.04 Å². The van der Waals surface area contributed by atoms with Gasteiger partial charge in [-0.05, 0) is 37.2 Å². The van der Waals surface area contributed by atoms with Gasteiger partial charge in [-0.15, -0.1) is 0 Å². The van der Waals surface area contributed by atoms with Gasteiger partial charge in [0.05, 0.1) is 0 Å². The first-order chi connectivity index (χ1) is 10.1. The van der Waals surface area contributed by atoms with E-state index in [2.05, 4.69) is 10.6 Å². The zero-order valence-electron chi connectivity index (χ0n) is 12.8. The van der Waals surface area contributed by atoms with Crippen LogP contribution in [0.2, 0.25) is 0 Å². The van der Waals surface area contributed by atoms with Gasteiger partial charge in [0.2, 0.25) is 5.91 Å². The highest BCUT2D eigenvalue weighted by atomic mass is 32.2. The lowest BCUT2D eigenvalue weighted by Crippen LogP contribution is -2.54. The minimum Gasteiger partial charge on any atom is -0.352 e. The van der Waals surface area contributed by atoms with E-state index < -0.39 is 12.1 Å². The third kappa shape index (κ3) is 6.56. The van der Waals surface area contributed by atoms with Crippen LogP contribution < -0.4 is 22.1 Å². The Labute approximate surface area is 131 Å². The molecule has 122 valence electrons. The molecular weight excluding hydrogens is 288 g/mol. The molecule has 6 nitrogen and oxygen atoms in total. The Morgan fingerprint density at radius 2 is 1.90 bits per heavy atom. The Morgan fingerprint density at radius 3 is 2.43 bits per heavy atom. The van der Waals surface area contributed by atoms with Crippen LogP contribution in [0.4, 0.5) is 4.79 Å². The van der Waals surface area contributed by atoms with E-state index in [1.165, 1.54) is 19.3 Å². The lowest BCUT2D eigenvalue weighted by atomic mass is 9.84. The Bertz CT molecular complexity index is 335. The fourth-order valence-electron chi connectivity index (χ4n) is 2.87. The van der Waals surface area contributed by atoms with Crippen molar-refractivity contribution < 1.29 is 9.59 Å². The molecule has 1 aliphatic rings. The summed E-state index contributed by atoms with van der Waals surface area (Å²) in [5.41, 5.74) is 11.0. The minimum atomic E-state index is -0.668. The van der Waals surface area contributed by atoms with E-state index in [0.717, 1.165) is 18.6 Å². The summed E-state index contributed by atoms with van der Waals surface area (Å²) in [5.74, 6) is 1.06. The molecule has 2 unspecified atom stereocenters. The van der Waals surface area contributed by atoms with Crippen molar-refractivity contribution in [2.24, 2.45) is 17.4 Å². The number of primary amides is 1. The number of urea groups is 1. The number of nitrogens with one attached hydrogen (secondary N) is 2. The fourth-order valence-corrected chi connectivity index (χ4v) is 3.34. The molecule has 0 saturated heterocycles. The summed E-state index contributed by atoms with van der Waals surface area (Å²) >= 11 is 1.63. The van der Waals surface area contributed by atoms with E-state index in [1.54, 1.807) is 11.8 Å². The van der Waals surface area contributed by atoms with E-state index in [-0.39, 0.29) is 11.9 Å². The predicted octanol–water partition coefficient (Wildman–Crippen LogP) is 0.800. The van der Waals surface area contributed by atoms with E-state index >= 15 is 0 Å². The van der Waals surface area contributed by atoms with Crippen molar-refractivity contribution in [1.29, 1.82) is 0 Å². The van der Waals surface area contributed by atoms with Crippen LogP contribution in [0.25, 0.3) is 0 Å². The standard InChI is InChI=1S/C14H28N4O2S/c1-21-8-7-11(18-14(16)20)13(19)17-12(9-15)10-5-3-2-4-6-10/h10-12H,2-9,15H2,1H3,(H,17,19)(H3,16,18,20). The summed E-state index contributed by atoms with van der Waals surface area (Å²) in [6, 6.07) is -1.25. The number of hydrogen-bond donors (Lipinski definition) is 4. The van der Waals surface area contributed by atoms with Crippen molar-refractivity contribution in [2.75, 3.05) is 18.6 Å². The van der Waals surface area contributed by atoms with E-state index in [4.69, 9.17) is 11.5 Å². The molecule has 1 saturated carbocycles. The van der Waals surface area contributed by atoms with E-state index in [1.807, 2.05) is 6.26 Å². The average Bonchev–Trinajstić information content (AvgIpc) is 2.49. The monoisotopic (exact) mass is 316 g/mol. The SMILES string of the molecule is CSCCC(NC(N)=O)C(=O)NC(CN)C1CCCCC1. The Balaban J connectivity index is 2.57. The van der Waals surface area contributed by atoms with Crippen LogP contribution in [0.1, 0.15) is 38.5 Å². The van der Waals surface area contributed by atoms with Gasteiger partial charge < -0.3 is 22.1 Å². The van der Waals surface area contributed by atoms with Gasteiger partial charge in [-0.3, -0.25) is 4.79 Å². The number of nitrogens with two attached hydrogens (primary N) is 2. The van der Waals surface area contributed by atoms with E-state index in [0.29, 0.717) is 18.9 Å². The van der Waals surface area contributed by atoms with Crippen LogP contribution in [0, 0.1) is 5.92 Å². The molecule has 0 aromatic heterocycles. The summed E-state index contributed by atoms with van der Waals surface area (Å²) in [5, 5.41) is 5.53. The molecule has 0 aliphatic heterocycles. The van der Waals surface area contributed by atoms with Gasteiger partial charge in [-0.25, -0.2) is 4.79 Å². The number of amides is 3. The lowest BCUT2D eigenvalue weighted by molar-refractivity contribution is -0.124. The molecular formula is C14H28N4O2S. The van der Waals surface area contributed by atoms with Gasteiger partial charge in [0.25, 0.3) is 0 Å². The van der Waals surface area contributed by atoms with Gasteiger partial charge >= 0.3 is 6.03 Å². The minimum absolute atomic E-state index is 0.00995. The average molecular weight is 316 g/mol. The van der Waals surface area contributed by atoms with Crippen LogP contribution >= 0.6 is 11.8 Å². The summed E-state index contributed by atoms with van der Waals surface area (Å²) < 4.78 is 0. The smallest absolute Gasteiger partial charge is 0.312 e. The van der Waals surface area contributed by atoms with Crippen molar-refractivity contribution in [3.05, 3.63) is 0 Å². The van der Waals surface area contributed by atoms with Crippen LogP contribution in [-0.4, -0.2) is 42.6 Å². The number of carbonyl (C=O) groups excluding carboxylic acids is 2. The molecule has 0 spiro atoms. The Kier molecular flexibility index (Phi) is 8.52. The molecule has 7 heteroatoms. The maximum atomic E-state index is 12.4. The third-order valence-corrected chi connectivity index (χ3v) is 4.69. The highest BCUT2D eigenvalue weighted by molar-refractivity contribution is 7.98. The second kappa shape index (κ2) is 9.89. The molecule has 3 amide bonds. The lowest BCUT2D eigenvalue weighted by Gasteiger charge is -2.31. The van der Waals surface area contributed by atoms with Crippen LogP contribution in [-0.2, 0) is 4.79 Å². The number of thioether (sulfide) groups is 1. The summed E-state index contributed by atoms with van der Waals surface area (Å²) in [7, 11) is 0.